The van der Waals surface area contributed by atoms with Gasteiger partial charge in [-0.15, -0.1) is 0 Å². The Morgan fingerprint density at radius 1 is 1.17 bits per heavy atom. The molecule has 0 spiro atoms. The van der Waals surface area contributed by atoms with Gasteiger partial charge in [-0.25, -0.2) is 9.97 Å². The number of aryl methyl sites for hydroxylation is 1. The molecule has 5 rings (SSSR count). The van der Waals surface area contributed by atoms with Crippen LogP contribution < -0.4 is 5.32 Å². The van der Waals surface area contributed by atoms with E-state index < -0.39 is 5.60 Å². The van der Waals surface area contributed by atoms with Crippen molar-refractivity contribution in [2.75, 3.05) is 18.4 Å². The highest BCUT2D eigenvalue weighted by Crippen LogP contribution is 2.26. The zero-order valence-corrected chi connectivity index (χ0v) is 20.5. The molecule has 1 saturated heterocycles. The molecule has 1 amide bonds. The first kappa shape index (κ1) is 23.0. The minimum atomic E-state index is -0.844. The van der Waals surface area contributed by atoms with Crippen molar-refractivity contribution in [1.29, 1.82) is 0 Å². The van der Waals surface area contributed by atoms with E-state index in [9.17, 15) is 9.90 Å². The molecule has 35 heavy (non-hydrogen) atoms. The Morgan fingerprint density at radius 2 is 1.97 bits per heavy atom. The van der Waals surface area contributed by atoms with Gasteiger partial charge in [-0.3, -0.25) is 9.48 Å². The van der Waals surface area contributed by atoms with Gasteiger partial charge in [-0.2, -0.15) is 5.10 Å². The molecule has 3 aromatic heterocycles. The van der Waals surface area contributed by atoms with Crippen LogP contribution in [0.15, 0.2) is 55.0 Å². The third-order valence-electron chi connectivity index (χ3n) is 6.14. The van der Waals surface area contributed by atoms with Crippen molar-refractivity contribution in [2.24, 2.45) is 5.92 Å². The number of pyridine rings is 2. The lowest BCUT2D eigenvalue weighted by Gasteiger charge is -2.37. The van der Waals surface area contributed by atoms with E-state index in [2.05, 4.69) is 22.3 Å². The van der Waals surface area contributed by atoms with Crippen molar-refractivity contribution < 1.29 is 9.90 Å². The number of anilines is 2. The molecule has 180 valence electrons. The van der Waals surface area contributed by atoms with Crippen LogP contribution in [0.4, 0.5) is 11.5 Å². The van der Waals surface area contributed by atoms with E-state index in [1.54, 1.807) is 30.9 Å². The van der Waals surface area contributed by atoms with Crippen LogP contribution in [0.2, 0.25) is 0 Å². The molecule has 1 aromatic carbocycles. The molecule has 4 aromatic rings. The number of nitrogens with zero attached hydrogens (tertiary/aromatic N) is 5. The van der Waals surface area contributed by atoms with E-state index in [0.29, 0.717) is 23.8 Å². The zero-order chi connectivity index (χ0) is 24.7. The summed E-state index contributed by atoms with van der Waals surface area (Å²) in [6, 6.07) is 11.6. The van der Waals surface area contributed by atoms with Crippen LogP contribution >= 0.6 is 0 Å². The standard InChI is InChI=1S/C27H30N6O2/c1-17-13-32(14-17)26(34)19-5-7-22(18(2)9-19)31-25-10-24-20(11-28-25)6-8-23(30-24)21-12-29-33(15-21)16-27(3,4)35/h5-12,15,17,35H,13-14,16H2,1-4H3,(H,28,31). The minimum Gasteiger partial charge on any atom is -0.389 e. The maximum absolute atomic E-state index is 12.6. The Bertz CT molecular complexity index is 1400. The van der Waals surface area contributed by atoms with Crippen LogP contribution in [0.5, 0.6) is 0 Å². The van der Waals surface area contributed by atoms with Crippen molar-refractivity contribution >= 4 is 28.3 Å². The second-order valence-electron chi connectivity index (χ2n) is 10.2. The number of hydrogen-bond acceptors (Lipinski definition) is 6. The van der Waals surface area contributed by atoms with E-state index in [1.807, 2.05) is 54.4 Å². The van der Waals surface area contributed by atoms with Gasteiger partial charge in [-0.05, 0) is 62.6 Å². The molecule has 8 nitrogen and oxygen atoms in total. The fraction of sp³-hybridized carbons (Fsp3) is 0.333. The van der Waals surface area contributed by atoms with Crippen molar-refractivity contribution in [1.82, 2.24) is 24.6 Å². The minimum absolute atomic E-state index is 0.0872. The second kappa shape index (κ2) is 8.78. The Hall–Kier alpha value is -3.78. The largest absolute Gasteiger partial charge is 0.389 e. The molecule has 1 fully saturated rings. The number of hydrogen-bond donors (Lipinski definition) is 2. The number of aliphatic hydroxyl groups is 1. The fourth-order valence-electron chi connectivity index (χ4n) is 4.35. The van der Waals surface area contributed by atoms with Gasteiger partial charge in [0.2, 0.25) is 0 Å². The van der Waals surface area contributed by atoms with Gasteiger partial charge in [0.15, 0.2) is 0 Å². The topological polar surface area (TPSA) is 96.2 Å². The number of aromatic nitrogens is 4. The van der Waals surface area contributed by atoms with Gasteiger partial charge in [0.1, 0.15) is 5.82 Å². The monoisotopic (exact) mass is 470 g/mol. The van der Waals surface area contributed by atoms with Crippen LogP contribution in [0.1, 0.15) is 36.7 Å². The molecular formula is C27H30N6O2. The van der Waals surface area contributed by atoms with Crippen molar-refractivity contribution in [3.05, 3.63) is 66.1 Å². The molecule has 2 N–H and O–H groups in total. The highest BCUT2D eigenvalue weighted by Gasteiger charge is 2.28. The first-order chi connectivity index (χ1) is 16.6. The first-order valence-electron chi connectivity index (χ1n) is 11.8. The summed E-state index contributed by atoms with van der Waals surface area (Å²) >= 11 is 0. The van der Waals surface area contributed by atoms with E-state index in [4.69, 9.17) is 4.98 Å². The average Bonchev–Trinajstić information content (AvgIpc) is 3.24. The van der Waals surface area contributed by atoms with Gasteiger partial charge < -0.3 is 15.3 Å². The molecular weight excluding hydrogens is 440 g/mol. The van der Waals surface area contributed by atoms with Crippen LogP contribution in [0.3, 0.4) is 0 Å². The number of carbonyl (C=O) groups is 1. The van der Waals surface area contributed by atoms with Gasteiger partial charge in [0.25, 0.3) is 5.91 Å². The Labute approximate surface area is 204 Å². The first-order valence-corrected chi connectivity index (χ1v) is 11.8. The smallest absolute Gasteiger partial charge is 0.253 e. The summed E-state index contributed by atoms with van der Waals surface area (Å²) in [7, 11) is 0. The molecule has 0 bridgehead atoms. The van der Waals surface area contributed by atoms with E-state index in [1.165, 1.54) is 0 Å². The molecule has 1 aliphatic rings. The molecule has 0 saturated carbocycles. The summed E-state index contributed by atoms with van der Waals surface area (Å²) in [6.07, 6.45) is 5.44. The molecule has 0 aliphatic carbocycles. The Kier molecular flexibility index (Phi) is 5.76. The molecule has 0 atom stereocenters. The second-order valence-corrected chi connectivity index (χ2v) is 10.2. The Balaban J connectivity index is 1.35. The van der Waals surface area contributed by atoms with E-state index in [-0.39, 0.29) is 5.91 Å². The van der Waals surface area contributed by atoms with Gasteiger partial charge in [-0.1, -0.05) is 6.92 Å². The number of carbonyl (C=O) groups excluding carboxylic acids is 1. The Morgan fingerprint density at radius 3 is 2.69 bits per heavy atom. The highest BCUT2D eigenvalue weighted by molar-refractivity contribution is 5.95. The predicted octanol–water partition coefficient (Wildman–Crippen LogP) is 4.41. The van der Waals surface area contributed by atoms with Crippen LogP contribution in [0, 0.1) is 12.8 Å². The number of likely N-dealkylation sites (tertiary alicyclic amines) is 1. The molecule has 4 heterocycles. The maximum Gasteiger partial charge on any atom is 0.253 e. The summed E-state index contributed by atoms with van der Waals surface area (Å²) < 4.78 is 1.72. The lowest BCUT2D eigenvalue weighted by molar-refractivity contribution is 0.0529. The molecule has 8 heteroatoms. The number of rotatable bonds is 6. The molecule has 1 aliphatic heterocycles. The normalized spacial score (nSPS) is 14.3. The summed E-state index contributed by atoms with van der Waals surface area (Å²) in [6.45, 7) is 9.71. The average molecular weight is 471 g/mol. The summed E-state index contributed by atoms with van der Waals surface area (Å²) in [5.74, 6) is 1.35. The highest BCUT2D eigenvalue weighted by atomic mass is 16.3. The van der Waals surface area contributed by atoms with Crippen molar-refractivity contribution in [2.45, 2.75) is 39.8 Å². The third kappa shape index (κ3) is 5.02. The summed E-state index contributed by atoms with van der Waals surface area (Å²) in [4.78, 5) is 23.9. The van der Waals surface area contributed by atoms with Crippen LogP contribution in [-0.2, 0) is 6.54 Å². The number of nitrogens with one attached hydrogen (secondary N) is 1. The molecule has 0 radical (unpaired) electrons. The summed E-state index contributed by atoms with van der Waals surface area (Å²) in [5, 5.41) is 18.7. The predicted molar refractivity (Wildman–Crippen MR) is 137 cm³/mol. The van der Waals surface area contributed by atoms with Crippen LogP contribution in [-0.4, -0.2) is 54.4 Å². The maximum atomic E-state index is 12.6. The third-order valence-corrected chi connectivity index (χ3v) is 6.14. The lowest BCUT2D eigenvalue weighted by atomic mass is 10.0. The van der Waals surface area contributed by atoms with Gasteiger partial charge in [0.05, 0.1) is 29.6 Å². The van der Waals surface area contributed by atoms with Crippen molar-refractivity contribution in [3.8, 4) is 11.3 Å². The number of benzene rings is 1. The number of amides is 1. The SMILES string of the molecule is Cc1cc(C(=O)N2CC(C)C2)ccc1Nc1cc2nc(-c3cnn(CC(C)(C)O)c3)ccc2cn1. The van der Waals surface area contributed by atoms with Gasteiger partial charge in [0, 0.05) is 53.8 Å². The quantitative estimate of drug-likeness (QED) is 0.433. The summed E-state index contributed by atoms with van der Waals surface area (Å²) in [5.41, 5.74) is 4.24. The van der Waals surface area contributed by atoms with E-state index >= 15 is 0 Å². The van der Waals surface area contributed by atoms with Crippen molar-refractivity contribution in [3.63, 3.8) is 0 Å². The van der Waals surface area contributed by atoms with Gasteiger partial charge >= 0.3 is 0 Å². The van der Waals surface area contributed by atoms with Crippen LogP contribution in [0.25, 0.3) is 22.2 Å². The lowest BCUT2D eigenvalue weighted by Crippen LogP contribution is -2.48. The van der Waals surface area contributed by atoms with E-state index in [0.717, 1.165) is 46.5 Å². The number of fused-ring (bicyclic) bond motifs is 1. The molecule has 0 unspecified atom stereocenters. The fourth-order valence-corrected chi connectivity index (χ4v) is 4.35. The zero-order valence-electron chi connectivity index (χ0n) is 20.5.